The number of nitrogens with one attached hydrogen (secondary N) is 3. The van der Waals surface area contributed by atoms with E-state index in [0.29, 0.717) is 123 Å². The van der Waals surface area contributed by atoms with Crippen molar-refractivity contribution in [2.24, 2.45) is 0 Å². The molecule has 8 heterocycles. The summed E-state index contributed by atoms with van der Waals surface area (Å²) in [6.07, 6.45) is -5.27. The average molecular weight is 2120 g/mol. The summed E-state index contributed by atoms with van der Waals surface area (Å²) in [5.41, 5.74) is 8.83. The van der Waals surface area contributed by atoms with Crippen molar-refractivity contribution >= 4 is 110 Å². The standard InChI is InChI=1S/C31H28F3N3O3.C25H23F3N2O3.C16H17ClN2O2.C12H9Cl2NO.C7H8O.C5H2Cl2N2O2.C4H9NO.C2H6O.CH3.Pd/c1-21-10-11-25(35-30(38)23-8-5-9-24(16-23)31(32,33)34)17-27(21)28-18-26(40-20-22-6-3-2-4-7-22)19-29(36-28)37-12-14-39-15-13-37;1-16-5-6-20(29-24(32)17-3-2-4-19(11-17)25(26,27)28)14-23(16)18-12-21(15-22(31)13-18)30-7-9-33-10-8-30;17-15-10-14(21-12-13-4-2-1-3-5-13)11-16(18-15)19-6-8-20-9-7-19;13-11-6-10(7-12(14)15-11)16-8-9-4-2-1-3-5-9;8-6-7-4-2-1-3-5-7;6-4-1-3(9(10)11)2-5(7)8-4;1-3-6-4-2-5-1;1-2-3;;/h2-11,16-19H,12-15,20H2,1H3,(H,35,38);2-6,11,13-15H,7-10,12H2,1H3,(H,29,32);1-5,10-11H,6-9,12H2;1-7H,8H2;1-5,8H,6H2;1-2H;5H,1-4H2;3H,2H2,1H3;1H3;/q;;;;;;;;-1;. The fourth-order valence-corrected chi connectivity index (χ4v) is 14.7. The van der Waals surface area contributed by atoms with Gasteiger partial charge in [-0.3, -0.25) is 24.5 Å². The Morgan fingerprint density at radius 3 is 1.21 bits per heavy atom. The molecule has 0 saturated carbocycles. The van der Waals surface area contributed by atoms with Gasteiger partial charge in [0, 0.05) is 162 Å². The first-order valence-corrected chi connectivity index (χ1v) is 45.5. The number of allylic oxidation sites excluding steroid dienone is 3. The molecular formula is C103H105Cl5F6N11O14Pd-. The number of aliphatic hydroxyl groups is 2. The van der Waals surface area contributed by atoms with Crippen LogP contribution in [0.5, 0.6) is 17.2 Å². The van der Waals surface area contributed by atoms with Crippen LogP contribution >= 0.6 is 58.0 Å². The van der Waals surface area contributed by atoms with E-state index in [-0.39, 0.29) is 74.0 Å². The number of nitro groups is 1. The molecule has 0 unspecified atom stereocenters. The second kappa shape index (κ2) is 59.0. The number of pyridine rings is 4. The third kappa shape index (κ3) is 38.9. The minimum absolute atomic E-state index is 0. The number of carbonyl (C=O) groups is 3. The van der Waals surface area contributed by atoms with E-state index < -0.39 is 40.2 Å². The zero-order valence-corrected chi connectivity index (χ0v) is 82.1. The number of aromatic nitrogens is 4. The van der Waals surface area contributed by atoms with Crippen molar-refractivity contribution in [1.82, 2.24) is 30.2 Å². The van der Waals surface area contributed by atoms with Gasteiger partial charge in [-0.05, 0) is 132 Å². The molecule has 4 fully saturated rings. The number of hydrogen-bond acceptors (Lipinski definition) is 22. The van der Waals surface area contributed by atoms with Crippen molar-refractivity contribution < 1.29 is 109 Å². The van der Waals surface area contributed by atoms with Crippen molar-refractivity contribution in [3.63, 3.8) is 0 Å². The van der Waals surface area contributed by atoms with E-state index in [1.165, 1.54) is 24.3 Å². The van der Waals surface area contributed by atoms with Gasteiger partial charge in [-0.15, -0.1) is 0 Å². The van der Waals surface area contributed by atoms with Gasteiger partial charge in [-0.2, -0.15) is 26.3 Å². The maximum absolute atomic E-state index is 13.1. The molecule has 4 saturated heterocycles. The number of amides is 2. The predicted molar refractivity (Wildman–Crippen MR) is 530 cm³/mol. The number of rotatable bonds is 20. The maximum Gasteiger partial charge on any atom is 0.416 e. The predicted octanol–water partition coefficient (Wildman–Crippen LogP) is 22.2. The van der Waals surface area contributed by atoms with Gasteiger partial charge in [0.15, 0.2) is 5.78 Å². The van der Waals surface area contributed by atoms with Crippen molar-refractivity contribution in [2.45, 2.75) is 66.0 Å². The van der Waals surface area contributed by atoms with Crippen LogP contribution in [0.25, 0.3) is 16.8 Å². The summed E-state index contributed by atoms with van der Waals surface area (Å²) in [4.78, 5) is 70.5. The maximum atomic E-state index is 13.1. The zero-order valence-electron chi connectivity index (χ0n) is 76.8. The Hall–Kier alpha value is -11.9. The monoisotopic (exact) mass is 2110 g/mol. The molecule has 2 amide bonds. The van der Waals surface area contributed by atoms with Gasteiger partial charge >= 0.3 is 12.4 Å². The number of alkyl halides is 6. The normalized spacial score (nSPS) is 13.7. The summed E-state index contributed by atoms with van der Waals surface area (Å²) >= 11 is 28.4. The fraction of sp³-hybridized carbons (Fsp3) is 0.262. The Balaban J connectivity index is 0.000000214. The van der Waals surface area contributed by atoms with Crippen molar-refractivity contribution in [3.8, 4) is 28.5 Å². The minimum Gasteiger partial charge on any atom is -0.489 e. The van der Waals surface area contributed by atoms with E-state index in [9.17, 15) is 50.8 Å². The van der Waals surface area contributed by atoms with Crippen molar-refractivity contribution in [3.05, 3.63) is 377 Å². The van der Waals surface area contributed by atoms with Gasteiger partial charge in [-0.25, -0.2) is 19.9 Å². The van der Waals surface area contributed by atoms with E-state index in [4.69, 9.17) is 106 Å². The number of aryl methyl sites for hydroxylation is 2. The van der Waals surface area contributed by atoms with E-state index in [2.05, 4.69) is 45.6 Å². The number of benzene rings is 8. The SMILES string of the molecule is C1COCCN1.CCO.Cc1ccc(NC(=O)c2cccc(C(F)(F)F)c2)cc1-c1cc(OCc2ccccc2)cc(N2CCOCC2)n1.Cc1ccc(NC(=O)c2cccc(C(F)(F)F)c2)cc1C1=CC(=O)C=C(N2CCOCC2)C1.Clc1cc(OCc2ccccc2)cc(Cl)n1.Clc1cc(OCc2ccccc2)cc(N2CCOCC2)n1.O=[N+]([O-])c1cc(Cl)nc(Cl)c1.OCc1ccccc1.[CH3-].[Pd]. The first-order valence-electron chi connectivity index (χ1n) is 43.6. The molecule has 0 spiro atoms. The molecule has 0 bridgehead atoms. The number of ketones is 1. The second-order valence-corrected chi connectivity index (χ2v) is 32.6. The Morgan fingerprint density at radius 1 is 0.457 bits per heavy atom. The summed E-state index contributed by atoms with van der Waals surface area (Å²) in [5, 5.41) is 36.0. The molecular weight excluding hydrogens is 2010 g/mol. The van der Waals surface area contributed by atoms with Crippen LogP contribution in [0.3, 0.4) is 0 Å². The summed E-state index contributed by atoms with van der Waals surface area (Å²) in [5.74, 6) is 2.22. The molecule has 5 aliphatic rings. The number of morpholine rings is 4. The van der Waals surface area contributed by atoms with E-state index in [1.807, 2.05) is 166 Å². The van der Waals surface area contributed by atoms with Crippen LogP contribution in [-0.4, -0.2) is 169 Å². The number of hydrogen-bond donors (Lipinski definition) is 5. The Kier molecular flexibility index (Phi) is 47.7. The Morgan fingerprint density at radius 2 is 0.821 bits per heavy atom. The molecule has 4 aliphatic heterocycles. The molecule has 4 aromatic heterocycles. The smallest absolute Gasteiger partial charge is 0.416 e. The van der Waals surface area contributed by atoms with Crippen LogP contribution in [-0.2, 0) is 82.9 Å². The molecule has 5 N–H and O–H groups in total. The van der Waals surface area contributed by atoms with Gasteiger partial charge in [0.05, 0.1) is 93.3 Å². The number of aliphatic hydroxyl groups excluding tert-OH is 2. The molecule has 0 radical (unpaired) electrons. The zero-order chi connectivity index (χ0) is 98.8. The van der Waals surface area contributed by atoms with Crippen LogP contribution in [0.2, 0.25) is 25.8 Å². The van der Waals surface area contributed by atoms with E-state index in [1.54, 1.807) is 61.5 Å². The van der Waals surface area contributed by atoms with Crippen LogP contribution in [0.15, 0.2) is 273 Å². The molecule has 25 nitrogen and oxygen atoms in total. The summed E-state index contributed by atoms with van der Waals surface area (Å²) in [7, 11) is 0. The van der Waals surface area contributed by atoms with Crippen molar-refractivity contribution in [1.29, 1.82) is 0 Å². The van der Waals surface area contributed by atoms with Crippen molar-refractivity contribution in [2.75, 3.05) is 132 Å². The van der Waals surface area contributed by atoms with E-state index >= 15 is 0 Å². The van der Waals surface area contributed by atoms with Gasteiger partial charge in [-0.1, -0.05) is 204 Å². The van der Waals surface area contributed by atoms with Gasteiger partial charge in [0.25, 0.3) is 17.5 Å². The third-order valence-electron chi connectivity index (χ3n) is 20.5. The van der Waals surface area contributed by atoms with Crippen LogP contribution in [0.1, 0.15) is 84.1 Å². The molecule has 744 valence electrons. The molecule has 1 aliphatic carbocycles. The summed E-state index contributed by atoms with van der Waals surface area (Å²) in [6.45, 7) is 19.5. The largest absolute Gasteiger partial charge is 0.489 e. The average Bonchev–Trinajstić information content (AvgIpc) is 0.801. The molecule has 8 aromatic carbocycles. The molecule has 0 atom stereocenters. The third-order valence-corrected chi connectivity index (χ3v) is 21.4. The number of ether oxygens (including phenoxy) is 7. The number of anilines is 4. The number of nitrogens with zero attached hydrogens (tertiary/aromatic N) is 8. The molecule has 37 heteroatoms. The first-order chi connectivity index (χ1) is 66.4. The minimum atomic E-state index is -4.54. The Labute approximate surface area is 847 Å². The first kappa shape index (κ1) is 113. The van der Waals surface area contributed by atoms with Crippen LogP contribution in [0.4, 0.5) is 55.0 Å². The van der Waals surface area contributed by atoms with Crippen LogP contribution < -0.4 is 40.0 Å². The molecule has 140 heavy (non-hydrogen) atoms. The summed E-state index contributed by atoms with van der Waals surface area (Å²) < 4.78 is 117. The number of halogens is 11. The topological polar surface area (TPSA) is 297 Å². The Bertz CT molecular complexity index is 5930. The number of carbonyl (C=O) groups excluding carboxylic acids is 3. The van der Waals surface area contributed by atoms with Gasteiger partial charge < -0.3 is 81.4 Å². The van der Waals surface area contributed by atoms with Crippen LogP contribution in [0, 0.1) is 31.4 Å². The second-order valence-electron chi connectivity index (χ2n) is 30.7. The molecule has 17 rings (SSSR count). The van der Waals surface area contributed by atoms with E-state index in [0.717, 1.165) is 162 Å². The van der Waals surface area contributed by atoms with Gasteiger partial charge in [0.2, 0.25) is 0 Å². The quantitative estimate of drug-likeness (QED) is 0.0118. The van der Waals surface area contributed by atoms with Gasteiger partial charge in [0.1, 0.15) is 74.5 Å². The summed E-state index contributed by atoms with van der Waals surface area (Å²) in [6, 6.07) is 71.5. The molecule has 12 aromatic rings. The fourth-order valence-electron chi connectivity index (χ4n) is 13.6.